The Hall–Kier alpha value is -13.4. The molecule has 2 aromatic heterocycles. The van der Waals surface area contributed by atoms with Gasteiger partial charge in [-0.2, -0.15) is 0 Å². The number of ether oxygens (including phenoxy) is 2. The lowest BCUT2D eigenvalue weighted by Crippen LogP contribution is -2.16. The minimum Gasteiger partial charge on any atom is -0.481 e. The molecule has 21 heteroatoms. The van der Waals surface area contributed by atoms with E-state index < -0.39 is 64.8 Å². The fraction of sp³-hybridized carbons (Fsp3) is 0.206. The monoisotopic (exact) mass is 1680 g/mol. The van der Waals surface area contributed by atoms with Gasteiger partial charge < -0.3 is 37.3 Å². The van der Waals surface area contributed by atoms with E-state index in [1.165, 1.54) is 94.1 Å². The van der Waals surface area contributed by atoms with Gasteiger partial charge in [0.25, 0.3) is 5.78 Å². The third kappa shape index (κ3) is 25.6. The number of rotatable bonds is 20. The standard InChI is InChI=1S/C33H28F2N2O2.C20H17F2N3O.C13H12O3.C13H14O2.C12H12O2.C10H10.CH4.ClH.H2O/c1-20-7-10-30-23(12-20)8-9-24(30)17-29(38)18-26(13-21-14-27(34)19-28(35)15-21)32-31(6-3-11-37-32)22-4-2-5-25(16-22)33(36)39;21-15-7-12(8-16(22)11-15)9-18(23)19-17(5-2-6-25-19)13-3-1-4-14(10-13)20(24)26;1-8-3-5-10-9(7-8)4-6-11(10)12(14)13(15)16-2;1-9-3-6-12-10(7-9)4-5-11(12)8-13(14)15-2;1-8-2-5-11-9(6-8)3-4-10(11)7-12(13)14;1-8-5-6-9-3-2-4-10(9)7-8;;;/h2-7,9-12,14-16,19,26H,8,13,17-18H2,1H3,(H2,36,39);1-8,10-11,18H,9,23H2,(H2,24,26);3,5-7H,4H2,1-2H3;3,5-7H,4,8H2,1-2H3;2,4-6H,3,7H2,1H3,(H,13,14);2-3,5-7H,4H2,1H3;1H4;1H;1H2/t26-;18-;;;;;;;/m10......./s1. The van der Waals surface area contributed by atoms with E-state index >= 15 is 0 Å². The van der Waals surface area contributed by atoms with Crippen molar-refractivity contribution in [2.75, 3.05) is 14.2 Å². The number of aryl methyl sites for hydroxylation is 5. The number of fused-ring (bicyclic) bond motifs is 5. The largest absolute Gasteiger partial charge is 0.481 e. The first-order valence-corrected chi connectivity index (χ1v) is 39.3. The van der Waals surface area contributed by atoms with Crippen molar-refractivity contribution in [3.05, 3.63) is 383 Å². The van der Waals surface area contributed by atoms with Gasteiger partial charge in [0.2, 0.25) is 11.8 Å². The second-order valence-electron chi connectivity index (χ2n) is 30.2. The lowest BCUT2D eigenvalue weighted by atomic mass is 9.85. The number of hydrogen-bond acceptors (Lipinski definition) is 12. The predicted molar refractivity (Wildman–Crippen MR) is 479 cm³/mol. The van der Waals surface area contributed by atoms with Gasteiger partial charge in [0.15, 0.2) is 0 Å². The van der Waals surface area contributed by atoms with Crippen LogP contribution < -0.4 is 17.2 Å². The van der Waals surface area contributed by atoms with Crippen LogP contribution in [0.25, 0.3) is 50.6 Å². The Kier molecular flexibility index (Phi) is 34.2. The zero-order valence-corrected chi connectivity index (χ0v) is 69.6. The molecule has 0 unspecified atom stereocenters. The number of pyridine rings is 2. The molecule has 0 saturated heterocycles. The third-order valence-corrected chi connectivity index (χ3v) is 21.0. The number of benzene rings is 9. The number of hydrogen-bond donors (Lipinski definition) is 4. The van der Waals surface area contributed by atoms with Crippen LogP contribution in [0.3, 0.4) is 0 Å². The number of carboxylic acid groups (broad SMARTS) is 1. The van der Waals surface area contributed by atoms with Gasteiger partial charge in [-0.1, -0.05) is 199 Å². The van der Waals surface area contributed by atoms with Gasteiger partial charge in [-0.3, -0.25) is 38.7 Å². The molecule has 0 saturated carbocycles. The van der Waals surface area contributed by atoms with Gasteiger partial charge >= 0.3 is 17.9 Å². The molecule has 11 aromatic rings. The van der Waals surface area contributed by atoms with Crippen molar-refractivity contribution in [1.82, 2.24) is 9.97 Å². The number of nitrogens with two attached hydrogens (primary N) is 3. The van der Waals surface area contributed by atoms with Crippen molar-refractivity contribution in [2.45, 2.75) is 125 Å². The van der Waals surface area contributed by atoms with Gasteiger partial charge in [0.05, 0.1) is 44.5 Å². The van der Waals surface area contributed by atoms with Crippen molar-refractivity contribution in [3.63, 3.8) is 0 Å². The molecular weight excluding hydrogens is 1580 g/mol. The van der Waals surface area contributed by atoms with E-state index in [0.29, 0.717) is 52.1 Å². The summed E-state index contributed by atoms with van der Waals surface area (Å²) >= 11 is 0. The van der Waals surface area contributed by atoms with E-state index in [4.69, 9.17) is 22.3 Å². The highest BCUT2D eigenvalue weighted by atomic mass is 35.5. The second-order valence-corrected chi connectivity index (χ2v) is 30.2. The number of amides is 2. The van der Waals surface area contributed by atoms with Crippen LogP contribution in [0, 0.1) is 57.9 Å². The average molecular weight is 1680 g/mol. The first-order chi connectivity index (χ1) is 57.6. The molecule has 9 aromatic carbocycles. The van der Waals surface area contributed by atoms with Gasteiger partial charge in [0.1, 0.15) is 29.1 Å². The number of carbonyl (C=O) groups is 7. The Balaban J connectivity index is 0.000000194. The van der Waals surface area contributed by atoms with Crippen molar-refractivity contribution in [2.24, 2.45) is 17.2 Å². The highest BCUT2D eigenvalue weighted by molar-refractivity contribution is 6.52. The molecule has 2 atom stereocenters. The molecule has 9 N–H and O–H groups in total. The van der Waals surface area contributed by atoms with E-state index in [2.05, 4.69) is 119 Å². The summed E-state index contributed by atoms with van der Waals surface area (Å²) in [6.45, 7) is 10.3. The smallest absolute Gasteiger partial charge is 0.379 e. The van der Waals surface area contributed by atoms with Gasteiger partial charge in [0, 0.05) is 71.1 Å². The first kappa shape index (κ1) is 95.1. The number of ketones is 2. The molecule has 2 amide bonds. The van der Waals surface area contributed by atoms with Crippen molar-refractivity contribution < 1.29 is 71.2 Å². The summed E-state index contributed by atoms with van der Waals surface area (Å²) in [6, 6.07) is 58.3. The maximum Gasteiger partial charge on any atom is 0.379 e. The number of halogens is 5. The number of aromatic nitrogens is 2. The Labute approximate surface area is 720 Å². The normalized spacial score (nSPS) is 12.7. The first-order valence-electron chi connectivity index (χ1n) is 39.3. The number of aliphatic carboxylic acids is 1. The van der Waals surface area contributed by atoms with E-state index in [-0.39, 0.29) is 69.2 Å². The van der Waals surface area contributed by atoms with Crippen LogP contribution >= 0.6 is 12.4 Å². The molecule has 634 valence electrons. The second kappa shape index (κ2) is 44.2. The number of allylic oxidation sites excluding steroid dienone is 6. The van der Waals surface area contributed by atoms with Crippen LogP contribution in [-0.2, 0) is 78.4 Å². The van der Waals surface area contributed by atoms with Gasteiger partial charge in [-0.15, -0.1) is 12.4 Å². The van der Waals surface area contributed by atoms with Crippen LogP contribution in [0.15, 0.2) is 243 Å². The Bertz CT molecular complexity index is 5910. The summed E-state index contributed by atoms with van der Waals surface area (Å²) < 4.78 is 64.1. The van der Waals surface area contributed by atoms with Crippen LogP contribution in [0.4, 0.5) is 17.6 Å². The van der Waals surface area contributed by atoms with E-state index in [1.807, 2.05) is 80.6 Å². The Morgan fingerprint density at radius 2 is 0.862 bits per heavy atom. The lowest BCUT2D eigenvalue weighted by molar-refractivity contribution is -0.149. The number of carboxylic acids is 1. The molecule has 0 aliphatic heterocycles. The molecule has 0 radical (unpaired) electrons. The van der Waals surface area contributed by atoms with Crippen LogP contribution in [0.1, 0.15) is 172 Å². The van der Waals surface area contributed by atoms with Crippen molar-refractivity contribution >= 4 is 82.1 Å². The van der Waals surface area contributed by atoms with Crippen LogP contribution in [-0.4, -0.2) is 76.1 Å². The minimum atomic E-state index is -0.806. The molecule has 5 aliphatic carbocycles. The Morgan fingerprint density at radius 3 is 1.33 bits per heavy atom. The van der Waals surface area contributed by atoms with Crippen molar-refractivity contribution in [1.29, 1.82) is 0 Å². The van der Waals surface area contributed by atoms with E-state index in [1.54, 1.807) is 67.0 Å². The number of Topliss-reactive ketones (excluding diaryl/α,β-unsaturated/α-hetero) is 2. The average Bonchev–Trinajstić information content (AvgIpc) is 1.61. The lowest BCUT2D eigenvalue weighted by Gasteiger charge is -2.20. The predicted octanol–water partition coefficient (Wildman–Crippen LogP) is 19.5. The quantitative estimate of drug-likeness (QED) is 0.0314. The molecule has 0 bridgehead atoms. The number of methoxy groups -OCH3 is 2. The maximum absolute atomic E-state index is 14.1. The summed E-state index contributed by atoms with van der Waals surface area (Å²) in [6.07, 6.45) is 21.4. The van der Waals surface area contributed by atoms with Crippen LogP contribution in [0.5, 0.6) is 0 Å². The molecule has 16 rings (SSSR count). The third-order valence-electron chi connectivity index (χ3n) is 21.0. The highest BCUT2D eigenvalue weighted by Gasteiger charge is 2.28. The number of primary amides is 2. The molecule has 5 aliphatic rings. The summed E-state index contributed by atoms with van der Waals surface area (Å²) in [5.41, 5.74) is 44.5. The van der Waals surface area contributed by atoms with Gasteiger partial charge in [-0.25, -0.2) is 22.4 Å². The SMILES string of the molecule is C.COC(=O)C(=O)C1=CCc2cc(C)ccc21.COC(=O)CC1=CCc2cc(C)ccc21.Cc1ccc2c(c1)CC=C2.Cc1ccc2c(c1)CC=C2CC(=O)C[C@@H](Cc1cc(F)cc(F)c1)c1ncccc1-c1cccc(C(N)=O)c1.Cc1ccc2c(c1)CC=C2CC(=O)O.Cl.NC(=O)c1cccc(-c2cccnc2[C@@H](N)Cc2cc(F)cc(F)c2)c1.O. The molecule has 123 heavy (non-hydrogen) atoms. The summed E-state index contributed by atoms with van der Waals surface area (Å²) in [4.78, 5) is 90.3. The highest BCUT2D eigenvalue weighted by Crippen LogP contribution is 2.39. The topological polar surface area (TPSA) is 294 Å². The Morgan fingerprint density at radius 1 is 0.447 bits per heavy atom. The summed E-state index contributed by atoms with van der Waals surface area (Å²) in [5.74, 6) is -6.47. The fourth-order valence-electron chi connectivity index (χ4n) is 15.4. The fourth-order valence-corrected chi connectivity index (χ4v) is 15.4. The van der Waals surface area contributed by atoms with Gasteiger partial charge in [-0.05, 0) is 235 Å². The zero-order valence-electron chi connectivity index (χ0n) is 68.8. The number of esters is 2. The number of nitrogens with zero attached hydrogens (tertiary/aromatic N) is 2. The van der Waals surface area contributed by atoms with Crippen molar-refractivity contribution in [3.8, 4) is 22.3 Å². The summed E-state index contributed by atoms with van der Waals surface area (Å²) in [7, 11) is 2.64. The van der Waals surface area contributed by atoms with Crippen LogP contribution in [0.2, 0.25) is 0 Å². The zero-order chi connectivity index (χ0) is 85.8. The molecule has 0 spiro atoms. The summed E-state index contributed by atoms with van der Waals surface area (Å²) in [5, 5.41) is 8.71. The molecule has 16 nitrogen and oxygen atoms in total. The number of carbonyl (C=O) groups excluding carboxylic acids is 6. The van der Waals surface area contributed by atoms with E-state index in [9.17, 15) is 51.1 Å². The minimum absolute atomic E-state index is 0. The maximum atomic E-state index is 14.1. The molecular formula is C102H100ClF4N5O11. The molecule has 0 fully saturated rings. The van der Waals surface area contributed by atoms with E-state index in [0.717, 1.165) is 105 Å². The molecule has 2 heterocycles.